The first-order valence-electron chi connectivity index (χ1n) is 7.42. The zero-order chi connectivity index (χ0) is 16.1. The summed E-state index contributed by atoms with van der Waals surface area (Å²) in [5.41, 5.74) is 3.72. The van der Waals surface area contributed by atoms with E-state index in [2.05, 4.69) is 15.3 Å². The normalized spacial score (nSPS) is 10.5. The maximum atomic E-state index is 12.1. The van der Waals surface area contributed by atoms with E-state index in [1.807, 2.05) is 48.7 Å². The first-order valence-corrected chi connectivity index (χ1v) is 8.30. The van der Waals surface area contributed by atoms with Crippen molar-refractivity contribution in [3.63, 3.8) is 0 Å². The molecule has 0 aliphatic rings. The van der Waals surface area contributed by atoms with Crippen LogP contribution in [0.3, 0.4) is 0 Å². The van der Waals surface area contributed by atoms with Gasteiger partial charge in [0.2, 0.25) is 0 Å². The lowest BCUT2D eigenvalue weighted by molar-refractivity contribution is 0.0954. The van der Waals surface area contributed by atoms with Crippen LogP contribution in [0.15, 0.2) is 54.2 Å². The van der Waals surface area contributed by atoms with Crippen molar-refractivity contribution < 1.29 is 4.79 Å². The van der Waals surface area contributed by atoms with Crippen LogP contribution in [0.1, 0.15) is 20.9 Å². The van der Waals surface area contributed by atoms with E-state index < -0.39 is 0 Å². The molecule has 1 amide bonds. The second-order valence-electron chi connectivity index (χ2n) is 5.24. The van der Waals surface area contributed by atoms with Crippen LogP contribution in [0.5, 0.6) is 0 Å². The Morgan fingerprint density at radius 2 is 2.17 bits per heavy atom. The largest absolute Gasteiger partial charge is 0.352 e. The molecule has 4 nitrogen and oxygen atoms in total. The number of pyridine rings is 1. The Kier molecular flexibility index (Phi) is 4.78. The summed E-state index contributed by atoms with van der Waals surface area (Å²) in [5.74, 6) is -0.0438. The van der Waals surface area contributed by atoms with Gasteiger partial charge in [-0.15, -0.1) is 11.3 Å². The van der Waals surface area contributed by atoms with Crippen LogP contribution in [0.4, 0.5) is 0 Å². The van der Waals surface area contributed by atoms with Crippen LogP contribution >= 0.6 is 11.3 Å². The molecule has 0 saturated heterocycles. The molecule has 1 aromatic carbocycles. The van der Waals surface area contributed by atoms with Crippen molar-refractivity contribution in [2.75, 3.05) is 6.54 Å². The summed E-state index contributed by atoms with van der Waals surface area (Å²) in [5, 5.41) is 5.97. The summed E-state index contributed by atoms with van der Waals surface area (Å²) in [6.07, 6.45) is 4.28. The fraction of sp³-hybridized carbons (Fsp3) is 0.167. The minimum absolute atomic E-state index is 0.0438. The average molecular weight is 323 g/mol. The van der Waals surface area contributed by atoms with Gasteiger partial charge in [-0.3, -0.25) is 9.78 Å². The lowest BCUT2D eigenvalue weighted by Gasteiger charge is -2.04. The molecule has 0 spiro atoms. The molecule has 116 valence electrons. The van der Waals surface area contributed by atoms with Crippen molar-refractivity contribution >= 4 is 17.2 Å². The second-order valence-corrected chi connectivity index (χ2v) is 6.19. The number of hydrogen-bond donors (Lipinski definition) is 1. The molecule has 5 heteroatoms. The molecule has 1 N–H and O–H groups in total. The molecular weight excluding hydrogens is 306 g/mol. The number of thiazole rings is 1. The predicted octanol–water partition coefficient (Wildman–Crippen LogP) is 3.49. The molecule has 3 aromatic rings. The molecular formula is C18H17N3OS. The number of nitrogens with zero attached hydrogens (tertiary/aromatic N) is 2. The lowest BCUT2D eigenvalue weighted by atomic mass is 10.1. The summed E-state index contributed by atoms with van der Waals surface area (Å²) in [6, 6.07) is 11.5. The highest BCUT2D eigenvalue weighted by Gasteiger charge is 2.07. The van der Waals surface area contributed by atoms with Gasteiger partial charge in [0.05, 0.1) is 10.7 Å². The molecule has 0 unspecified atom stereocenters. The quantitative estimate of drug-likeness (QED) is 0.782. The Morgan fingerprint density at radius 3 is 2.96 bits per heavy atom. The monoisotopic (exact) mass is 323 g/mol. The number of amides is 1. The van der Waals surface area contributed by atoms with Gasteiger partial charge in [0.1, 0.15) is 0 Å². The summed E-state index contributed by atoms with van der Waals surface area (Å²) in [6.45, 7) is 2.55. The van der Waals surface area contributed by atoms with Crippen LogP contribution in [-0.4, -0.2) is 22.4 Å². The summed E-state index contributed by atoms with van der Waals surface area (Å²) in [7, 11) is 0. The number of carbonyl (C=O) groups is 1. The number of rotatable bonds is 5. The van der Waals surface area contributed by atoms with Crippen molar-refractivity contribution in [2.24, 2.45) is 0 Å². The first-order chi connectivity index (χ1) is 11.2. The van der Waals surface area contributed by atoms with E-state index in [9.17, 15) is 4.79 Å². The molecule has 0 aliphatic heterocycles. The van der Waals surface area contributed by atoms with Gasteiger partial charge in [-0.1, -0.05) is 17.7 Å². The molecule has 0 atom stereocenters. The van der Waals surface area contributed by atoms with Gasteiger partial charge in [0.25, 0.3) is 5.91 Å². The van der Waals surface area contributed by atoms with Gasteiger partial charge in [-0.25, -0.2) is 4.98 Å². The highest BCUT2D eigenvalue weighted by Crippen LogP contribution is 2.20. The zero-order valence-corrected chi connectivity index (χ0v) is 13.6. The minimum Gasteiger partial charge on any atom is -0.352 e. The Labute approximate surface area is 139 Å². The summed E-state index contributed by atoms with van der Waals surface area (Å²) in [4.78, 5) is 20.8. The van der Waals surface area contributed by atoms with Crippen LogP contribution in [0.2, 0.25) is 0 Å². The van der Waals surface area contributed by atoms with Gasteiger partial charge in [-0.05, 0) is 31.2 Å². The molecule has 0 aliphatic carbocycles. The van der Waals surface area contributed by atoms with E-state index in [4.69, 9.17) is 0 Å². The SMILES string of the molecule is Cc1cccc(C(=O)NCCc2nc(-c3cccnc3)cs2)c1. The zero-order valence-electron chi connectivity index (χ0n) is 12.8. The summed E-state index contributed by atoms with van der Waals surface area (Å²) < 4.78 is 0. The molecule has 3 rings (SSSR count). The molecule has 0 bridgehead atoms. The lowest BCUT2D eigenvalue weighted by Crippen LogP contribution is -2.25. The fourth-order valence-electron chi connectivity index (χ4n) is 2.24. The van der Waals surface area contributed by atoms with E-state index in [-0.39, 0.29) is 5.91 Å². The van der Waals surface area contributed by atoms with Crippen molar-refractivity contribution in [3.8, 4) is 11.3 Å². The van der Waals surface area contributed by atoms with Gasteiger partial charge in [0, 0.05) is 41.9 Å². The topological polar surface area (TPSA) is 54.9 Å². The molecule has 0 saturated carbocycles. The minimum atomic E-state index is -0.0438. The fourth-order valence-corrected chi connectivity index (χ4v) is 3.05. The third kappa shape index (κ3) is 4.02. The van der Waals surface area contributed by atoms with Gasteiger partial charge in [-0.2, -0.15) is 0 Å². The molecule has 23 heavy (non-hydrogen) atoms. The van der Waals surface area contributed by atoms with Crippen molar-refractivity contribution in [1.82, 2.24) is 15.3 Å². The first kappa shape index (κ1) is 15.4. The van der Waals surface area contributed by atoms with E-state index in [0.29, 0.717) is 12.1 Å². The van der Waals surface area contributed by atoms with Crippen LogP contribution in [0, 0.1) is 6.92 Å². The van der Waals surface area contributed by atoms with Crippen LogP contribution < -0.4 is 5.32 Å². The van der Waals surface area contributed by atoms with Crippen molar-refractivity contribution in [3.05, 3.63) is 70.3 Å². The maximum absolute atomic E-state index is 12.1. The summed E-state index contributed by atoms with van der Waals surface area (Å²) >= 11 is 1.60. The average Bonchev–Trinajstić information content (AvgIpc) is 3.04. The van der Waals surface area contributed by atoms with E-state index in [1.165, 1.54) is 0 Å². The number of hydrogen-bond acceptors (Lipinski definition) is 4. The Morgan fingerprint density at radius 1 is 1.26 bits per heavy atom. The highest BCUT2D eigenvalue weighted by atomic mass is 32.1. The number of aryl methyl sites for hydroxylation is 1. The standard InChI is InChI=1S/C18H17N3OS/c1-13-4-2-5-14(10-13)18(22)20-9-7-17-21-16(12-23-17)15-6-3-8-19-11-15/h2-6,8,10-12H,7,9H2,1H3,(H,20,22). The molecule has 2 aromatic heterocycles. The number of benzene rings is 1. The van der Waals surface area contributed by atoms with E-state index >= 15 is 0 Å². The second kappa shape index (κ2) is 7.15. The Balaban J connectivity index is 1.55. The van der Waals surface area contributed by atoms with Crippen molar-refractivity contribution in [1.29, 1.82) is 0 Å². The Bertz CT molecular complexity index is 799. The molecule has 0 fully saturated rings. The van der Waals surface area contributed by atoms with E-state index in [0.717, 1.165) is 28.2 Å². The number of aromatic nitrogens is 2. The van der Waals surface area contributed by atoms with Gasteiger partial charge in [0.15, 0.2) is 0 Å². The number of carbonyl (C=O) groups excluding carboxylic acids is 1. The third-order valence-electron chi connectivity index (χ3n) is 3.41. The highest BCUT2D eigenvalue weighted by molar-refractivity contribution is 7.09. The smallest absolute Gasteiger partial charge is 0.251 e. The molecule has 0 radical (unpaired) electrons. The van der Waals surface area contributed by atoms with Crippen molar-refractivity contribution in [2.45, 2.75) is 13.3 Å². The van der Waals surface area contributed by atoms with Crippen LogP contribution in [0.25, 0.3) is 11.3 Å². The van der Waals surface area contributed by atoms with Crippen LogP contribution in [-0.2, 0) is 6.42 Å². The van der Waals surface area contributed by atoms with Gasteiger partial charge < -0.3 is 5.32 Å². The maximum Gasteiger partial charge on any atom is 0.251 e. The Hall–Kier alpha value is -2.53. The third-order valence-corrected chi connectivity index (χ3v) is 4.32. The number of nitrogens with one attached hydrogen (secondary N) is 1. The molecule has 2 heterocycles. The predicted molar refractivity (Wildman–Crippen MR) is 92.6 cm³/mol. The van der Waals surface area contributed by atoms with E-state index in [1.54, 1.807) is 23.7 Å². The van der Waals surface area contributed by atoms with Gasteiger partial charge >= 0.3 is 0 Å².